The number of alkyl halides is 2. The zero-order valence-corrected chi connectivity index (χ0v) is 18.4. The Morgan fingerprint density at radius 1 is 1.41 bits per heavy atom. The fourth-order valence-corrected chi connectivity index (χ4v) is 2.99. The highest BCUT2D eigenvalue weighted by molar-refractivity contribution is 9.09. The zero-order valence-electron chi connectivity index (χ0n) is 15.9. The summed E-state index contributed by atoms with van der Waals surface area (Å²) >= 11 is 2.85. The summed E-state index contributed by atoms with van der Waals surface area (Å²) in [7, 11) is -2.55. The van der Waals surface area contributed by atoms with Gasteiger partial charge in [-0.15, -0.1) is 4.52 Å². The van der Waals surface area contributed by atoms with Crippen LogP contribution in [-0.2, 0) is 23.4 Å². The number of carbonyl (C=O) groups is 1. The lowest BCUT2D eigenvalue weighted by Gasteiger charge is -2.23. The van der Waals surface area contributed by atoms with Crippen LogP contribution in [-0.4, -0.2) is 57.2 Å². The van der Waals surface area contributed by atoms with Crippen LogP contribution < -0.4 is 16.3 Å². The molecule has 1 rings (SSSR count). The second kappa shape index (κ2) is 12.3. The van der Waals surface area contributed by atoms with Gasteiger partial charge in [-0.25, -0.2) is 9.18 Å². The van der Waals surface area contributed by atoms with E-state index in [0.717, 1.165) is 16.8 Å². The summed E-state index contributed by atoms with van der Waals surface area (Å²) in [5.74, 6) is -0.629. The molecule has 5 atom stereocenters. The van der Waals surface area contributed by atoms with E-state index in [1.54, 1.807) is 13.8 Å². The predicted octanol–water partition coefficient (Wildman–Crippen LogP) is 0.707. The zero-order chi connectivity index (χ0) is 22.1. The maximum atomic E-state index is 13.4. The average molecular weight is 503 g/mol. The van der Waals surface area contributed by atoms with E-state index in [0.29, 0.717) is 0 Å². The Kier molecular flexibility index (Phi) is 10.8. The number of nitrogens with zero attached hydrogens (tertiary/aromatic N) is 1. The van der Waals surface area contributed by atoms with Crippen LogP contribution in [0.1, 0.15) is 27.0 Å². The van der Waals surface area contributed by atoms with Crippen molar-refractivity contribution in [1.29, 1.82) is 0 Å². The van der Waals surface area contributed by atoms with Crippen LogP contribution in [0, 0.1) is 0 Å². The molecule has 0 spiro atoms. The highest BCUT2D eigenvalue weighted by atomic mass is 79.9. The number of H-pyrrole nitrogens is 1. The predicted molar refractivity (Wildman–Crippen MR) is 104 cm³/mol. The van der Waals surface area contributed by atoms with E-state index in [1.807, 2.05) is 4.98 Å². The van der Waals surface area contributed by atoms with Gasteiger partial charge in [0.15, 0.2) is 6.23 Å². The van der Waals surface area contributed by atoms with E-state index in [4.69, 9.17) is 14.0 Å². The van der Waals surface area contributed by atoms with Gasteiger partial charge in [0.1, 0.15) is 30.4 Å². The fraction of sp³-hybridized carbons (Fsp3) is 0.667. The third-order valence-corrected chi connectivity index (χ3v) is 4.86. The minimum absolute atomic E-state index is 0.346. The number of halogens is 2. The van der Waals surface area contributed by atoms with Gasteiger partial charge in [0.2, 0.25) is 0 Å². The molecular weight excluding hydrogens is 480 g/mol. The molecule has 11 nitrogen and oxygen atoms in total. The van der Waals surface area contributed by atoms with Crippen molar-refractivity contribution >= 4 is 30.1 Å². The summed E-state index contributed by atoms with van der Waals surface area (Å²) in [6, 6.07) is 0.0784. The van der Waals surface area contributed by atoms with E-state index in [2.05, 4.69) is 21.0 Å². The van der Waals surface area contributed by atoms with Crippen LogP contribution in [0.4, 0.5) is 4.39 Å². The third-order valence-electron chi connectivity index (χ3n) is 3.29. The van der Waals surface area contributed by atoms with Crippen molar-refractivity contribution in [2.45, 2.75) is 50.3 Å². The van der Waals surface area contributed by atoms with E-state index in [1.165, 1.54) is 6.92 Å². The minimum Gasteiger partial charge on any atom is -0.462 e. The summed E-state index contributed by atoms with van der Waals surface area (Å²) in [5, 5.41) is 10.8. The Labute approximate surface area is 174 Å². The molecule has 2 unspecified atom stereocenters. The molecule has 0 aliphatic rings. The van der Waals surface area contributed by atoms with E-state index >= 15 is 0 Å². The molecule has 0 aliphatic carbocycles. The molecule has 14 heteroatoms. The number of aromatic nitrogens is 2. The first-order valence-electron chi connectivity index (χ1n) is 8.47. The Bertz CT molecular complexity index is 802. The fourth-order valence-electron chi connectivity index (χ4n) is 1.94. The van der Waals surface area contributed by atoms with Crippen molar-refractivity contribution in [3.05, 3.63) is 33.1 Å². The van der Waals surface area contributed by atoms with Crippen LogP contribution in [0.15, 0.2) is 21.9 Å². The molecule has 0 bridgehead atoms. The highest BCUT2D eigenvalue weighted by Crippen LogP contribution is 2.22. The first-order chi connectivity index (χ1) is 13.5. The first-order valence-corrected chi connectivity index (χ1v) is 10.6. The number of nitrogens with one attached hydrogen (secondary N) is 2. The highest BCUT2D eigenvalue weighted by Gasteiger charge is 2.32. The Morgan fingerprint density at radius 3 is 2.59 bits per heavy atom. The Balaban J connectivity index is 2.70. The number of hydrogen-bond donors (Lipinski definition) is 3. The summed E-state index contributed by atoms with van der Waals surface area (Å²) in [6.45, 7) is 3.11. The number of rotatable bonds is 12. The van der Waals surface area contributed by atoms with Crippen LogP contribution in [0.5, 0.6) is 0 Å². The molecule has 1 aromatic heterocycles. The number of aliphatic hydroxyl groups excluding tert-OH is 1. The smallest absolute Gasteiger partial charge is 0.462 e. The summed E-state index contributed by atoms with van der Waals surface area (Å²) < 4.78 is 41.4. The van der Waals surface area contributed by atoms with Gasteiger partial charge < -0.3 is 14.6 Å². The number of ether oxygens (including phenoxy) is 2. The van der Waals surface area contributed by atoms with Crippen molar-refractivity contribution in [2.75, 3.05) is 13.3 Å². The largest absolute Gasteiger partial charge is 0.613 e. The second-order valence-electron chi connectivity index (χ2n) is 6.06. The SMILES string of the molecule is CC(C)OC(=O)[C@H](C)N[P+](=O)OC[C@@H](OC(CF)n1ccc(=O)[nH]c1=O)[C@@H](O)Br. The van der Waals surface area contributed by atoms with Crippen molar-refractivity contribution in [1.82, 2.24) is 14.6 Å². The Hall–Kier alpha value is -1.50. The normalized spacial score (nSPS) is 16.2. The first kappa shape index (κ1) is 25.5. The van der Waals surface area contributed by atoms with Crippen LogP contribution >= 0.6 is 24.1 Å². The molecule has 0 fully saturated rings. The average Bonchev–Trinajstić information content (AvgIpc) is 2.61. The molecule has 0 aromatic carbocycles. The standard InChI is InChI=1S/C15H22BrFN3O8P/c1-8(2)27-14(23)9(3)19-29(25)26-7-10(13(16)22)28-12(6-17)20-5-4-11(21)18-15(20)24/h4-5,8-10,12-13,22H,6-7H2,1-3H3,(H-,18,19,21,24,25)/p+1/t9-,10+,12?,13+/m0/s1. The van der Waals surface area contributed by atoms with Gasteiger partial charge in [0.05, 0.1) is 6.10 Å². The molecule has 1 heterocycles. The van der Waals surface area contributed by atoms with Crippen molar-refractivity contribution < 1.29 is 32.9 Å². The lowest BCUT2D eigenvalue weighted by Crippen LogP contribution is -2.38. The molecule has 3 N–H and O–H groups in total. The minimum atomic E-state index is -2.55. The molecule has 0 saturated carbocycles. The quantitative estimate of drug-likeness (QED) is 0.213. The summed E-state index contributed by atoms with van der Waals surface area (Å²) in [6.07, 6.45) is -2.03. The Morgan fingerprint density at radius 2 is 2.07 bits per heavy atom. The molecule has 29 heavy (non-hydrogen) atoms. The van der Waals surface area contributed by atoms with Crippen molar-refractivity contribution in [2.24, 2.45) is 0 Å². The van der Waals surface area contributed by atoms with E-state index in [9.17, 15) is 28.4 Å². The van der Waals surface area contributed by atoms with Crippen LogP contribution in [0.3, 0.4) is 0 Å². The number of aromatic amines is 1. The van der Waals surface area contributed by atoms with Gasteiger partial charge >= 0.3 is 19.8 Å². The maximum absolute atomic E-state index is 13.4. The van der Waals surface area contributed by atoms with E-state index < -0.39 is 62.1 Å². The molecule has 0 amide bonds. The molecule has 0 radical (unpaired) electrons. The van der Waals surface area contributed by atoms with Crippen molar-refractivity contribution in [3.63, 3.8) is 0 Å². The maximum Gasteiger partial charge on any atom is 0.613 e. The van der Waals surface area contributed by atoms with E-state index in [-0.39, 0.29) is 6.10 Å². The van der Waals surface area contributed by atoms with Crippen molar-refractivity contribution in [3.8, 4) is 0 Å². The van der Waals surface area contributed by atoms with Gasteiger partial charge in [0, 0.05) is 12.3 Å². The second-order valence-corrected chi connectivity index (χ2v) is 8.03. The number of esters is 1. The number of carbonyl (C=O) groups excluding carboxylic acids is 1. The molecule has 1 aromatic rings. The van der Waals surface area contributed by atoms with Gasteiger partial charge in [-0.1, -0.05) is 21.0 Å². The topological polar surface area (TPSA) is 149 Å². The van der Waals surface area contributed by atoms with Crippen LogP contribution in [0.25, 0.3) is 0 Å². The number of aliphatic hydroxyl groups is 1. The summed E-state index contributed by atoms with van der Waals surface area (Å²) in [5.41, 5.74) is -1.58. The summed E-state index contributed by atoms with van der Waals surface area (Å²) in [4.78, 5) is 36.5. The molecule has 0 aliphatic heterocycles. The van der Waals surface area contributed by atoms with Gasteiger partial charge in [-0.3, -0.25) is 19.1 Å². The third kappa shape index (κ3) is 8.81. The molecular formula is C15H23BrFN3O8P+. The van der Waals surface area contributed by atoms with Gasteiger partial charge in [-0.05, 0) is 25.3 Å². The van der Waals surface area contributed by atoms with Gasteiger partial charge in [0.25, 0.3) is 5.56 Å². The van der Waals surface area contributed by atoms with Crippen LogP contribution in [0.2, 0.25) is 0 Å². The lowest BCUT2D eigenvalue weighted by molar-refractivity contribution is -0.149. The number of hydrogen-bond acceptors (Lipinski definition) is 8. The van der Waals surface area contributed by atoms with Gasteiger partial charge in [-0.2, -0.15) is 0 Å². The molecule has 0 saturated heterocycles. The lowest BCUT2D eigenvalue weighted by atomic mass is 10.4. The monoisotopic (exact) mass is 502 g/mol. The molecule has 164 valence electrons.